The smallest absolute Gasteiger partial charge is 0.203 e. The van der Waals surface area contributed by atoms with E-state index < -0.39 is 9.71 Å². The third-order valence-electron chi connectivity index (χ3n) is 2.91. The summed E-state index contributed by atoms with van der Waals surface area (Å²) in [5.74, 6) is -0.666. The monoisotopic (exact) mass is 327 g/mol. The van der Waals surface area contributed by atoms with Gasteiger partial charge < -0.3 is 5.21 Å². The molecule has 0 aliphatic heterocycles. The van der Waals surface area contributed by atoms with Gasteiger partial charge in [0.1, 0.15) is 0 Å². The lowest BCUT2D eigenvalue weighted by atomic mass is 9.91. The zero-order chi connectivity index (χ0) is 14.6. The number of halogens is 3. The molecular weight excluding hydrogens is 317 g/mol. The maximum absolute atomic E-state index is 9.39. The molecule has 5 heteroatoms. The first-order chi connectivity index (χ1) is 9.54. The van der Waals surface area contributed by atoms with Gasteiger partial charge in [-0.05, 0) is 5.56 Å². The van der Waals surface area contributed by atoms with Gasteiger partial charge in [-0.25, -0.2) is 0 Å². The van der Waals surface area contributed by atoms with E-state index in [2.05, 4.69) is 5.16 Å². The summed E-state index contributed by atoms with van der Waals surface area (Å²) in [6, 6.07) is 18.4. The van der Waals surface area contributed by atoms with Crippen molar-refractivity contribution in [2.45, 2.75) is 9.71 Å². The highest BCUT2D eigenvalue weighted by Crippen LogP contribution is 2.43. The Labute approximate surface area is 132 Å². The second kappa shape index (κ2) is 6.49. The molecule has 2 aromatic rings. The SMILES string of the molecule is O/N=C(/c1ccccc1)[C@@H](c1ccccc1)C(Cl)(Cl)Cl. The lowest BCUT2D eigenvalue weighted by molar-refractivity contribution is 0.317. The minimum absolute atomic E-state index is 0.316. The zero-order valence-corrected chi connectivity index (χ0v) is 12.6. The molecule has 0 unspecified atom stereocenters. The van der Waals surface area contributed by atoms with Crippen molar-refractivity contribution in [3.8, 4) is 0 Å². The van der Waals surface area contributed by atoms with Crippen LogP contribution in [0.1, 0.15) is 17.0 Å². The Morgan fingerprint density at radius 3 is 1.85 bits per heavy atom. The molecule has 0 fully saturated rings. The summed E-state index contributed by atoms with van der Waals surface area (Å²) in [6.07, 6.45) is 0. The van der Waals surface area contributed by atoms with E-state index in [1.165, 1.54) is 0 Å². The Morgan fingerprint density at radius 2 is 1.40 bits per heavy atom. The number of nitrogens with zero attached hydrogens (tertiary/aromatic N) is 1. The van der Waals surface area contributed by atoms with E-state index in [9.17, 15) is 5.21 Å². The van der Waals surface area contributed by atoms with Crippen molar-refractivity contribution in [1.82, 2.24) is 0 Å². The van der Waals surface area contributed by atoms with Gasteiger partial charge >= 0.3 is 0 Å². The first kappa shape index (κ1) is 15.2. The van der Waals surface area contributed by atoms with Crippen molar-refractivity contribution in [2.24, 2.45) is 5.16 Å². The first-order valence-corrected chi connectivity index (χ1v) is 7.06. The van der Waals surface area contributed by atoms with Crippen LogP contribution in [0.5, 0.6) is 0 Å². The summed E-state index contributed by atoms with van der Waals surface area (Å²) in [4.78, 5) is 0. The summed E-state index contributed by atoms with van der Waals surface area (Å²) in [6.45, 7) is 0. The average molecular weight is 329 g/mol. The van der Waals surface area contributed by atoms with Crippen LogP contribution in [-0.2, 0) is 0 Å². The second-order valence-corrected chi connectivity index (χ2v) is 6.61. The molecule has 20 heavy (non-hydrogen) atoms. The molecule has 2 rings (SSSR count). The Bertz CT molecular complexity index is 579. The summed E-state index contributed by atoms with van der Waals surface area (Å²) < 4.78 is -1.63. The summed E-state index contributed by atoms with van der Waals surface area (Å²) in [5, 5.41) is 12.8. The van der Waals surface area contributed by atoms with Crippen LogP contribution in [0.4, 0.5) is 0 Å². The Morgan fingerprint density at radius 1 is 0.900 bits per heavy atom. The molecule has 0 aliphatic carbocycles. The molecule has 0 spiro atoms. The minimum Gasteiger partial charge on any atom is -0.411 e. The molecule has 2 aromatic carbocycles. The van der Waals surface area contributed by atoms with Crippen molar-refractivity contribution < 1.29 is 5.21 Å². The molecule has 0 saturated carbocycles. The fourth-order valence-corrected chi connectivity index (χ4v) is 2.73. The van der Waals surface area contributed by atoms with Crippen LogP contribution < -0.4 is 0 Å². The Kier molecular flexibility index (Phi) is 4.92. The molecule has 0 bridgehead atoms. The van der Waals surface area contributed by atoms with E-state index in [4.69, 9.17) is 34.8 Å². The molecular formula is C15H12Cl3NO. The minimum atomic E-state index is -1.63. The van der Waals surface area contributed by atoms with Gasteiger partial charge in [-0.1, -0.05) is 101 Å². The predicted molar refractivity (Wildman–Crippen MR) is 84.2 cm³/mol. The van der Waals surface area contributed by atoms with Crippen LogP contribution in [0.25, 0.3) is 0 Å². The van der Waals surface area contributed by atoms with E-state index in [1.807, 2.05) is 48.5 Å². The van der Waals surface area contributed by atoms with E-state index in [0.717, 1.165) is 5.56 Å². The third-order valence-corrected chi connectivity index (χ3v) is 3.57. The van der Waals surface area contributed by atoms with E-state index >= 15 is 0 Å². The van der Waals surface area contributed by atoms with E-state index in [1.54, 1.807) is 12.1 Å². The fraction of sp³-hybridized carbons (Fsp3) is 0.133. The fourth-order valence-electron chi connectivity index (χ4n) is 2.04. The Balaban J connectivity index is 2.52. The number of alkyl halides is 3. The molecule has 0 radical (unpaired) electrons. The van der Waals surface area contributed by atoms with Crippen LogP contribution in [-0.4, -0.2) is 14.7 Å². The number of oxime groups is 1. The molecule has 0 aliphatic rings. The average Bonchev–Trinajstić information content (AvgIpc) is 2.45. The van der Waals surface area contributed by atoms with Crippen LogP contribution >= 0.6 is 34.8 Å². The van der Waals surface area contributed by atoms with Crippen LogP contribution in [0, 0.1) is 0 Å². The van der Waals surface area contributed by atoms with E-state index in [-0.39, 0.29) is 0 Å². The van der Waals surface area contributed by atoms with Crippen LogP contribution in [0.15, 0.2) is 65.8 Å². The first-order valence-electron chi connectivity index (χ1n) is 5.93. The molecule has 1 atom stereocenters. The van der Waals surface area contributed by atoms with Crippen molar-refractivity contribution in [2.75, 3.05) is 0 Å². The number of benzene rings is 2. The largest absolute Gasteiger partial charge is 0.411 e. The van der Waals surface area contributed by atoms with Gasteiger partial charge in [0.15, 0.2) is 0 Å². The highest BCUT2D eigenvalue weighted by atomic mass is 35.6. The van der Waals surface area contributed by atoms with Gasteiger partial charge in [-0.15, -0.1) is 0 Å². The van der Waals surface area contributed by atoms with Gasteiger partial charge in [0, 0.05) is 5.56 Å². The highest BCUT2D eigenvalue weighted by molar-refractivity contribution is 6.69. The highest BCUT2D eigenvalue weighted by Gasteiger charge is 2.38. The summed E-state index contributed by atoms with van der Waals surface area (Å²) in [7, 11) is 0. The van der Waals surface area contributed by atoms with Gasteiger partial charge in [0.2, 0.25) is 3.79 Å². The molecule has 0 amide bonds. The summed E-state index contributed by atoms with van der Waals surface area (Å²) >= 11 is 18.3. The zero-order valence-electron chi connectivity index (χ0n) is 10.4. The van der Waals surface area contributed by atoms with Crippen LogP contribution in [0.3, 0.4) is 0 Å². The summed E-state index contributed by atoms with van der Waals surface area (Å²) in [5.41, 5.74) is 1.79. The van der Waals surface area contributed by atoms with E-state index in [0.29, 0.717) is 11.3 Å². The lowest BCUT2D eigenvalue weighted by Gasteiger charge is -2.25. The number of hydrogen-bond donors (Lipinski definition) is 1. The van der Waals surface area contributed by atoms with Gasteiger partial charge in [0.05, 0.1) is 11.6 Å². The van der Waals surface area contributed by atoms with Crippen molar-refractivity contribution >= 4 is 40.5 Å². The predicted octanol–water partition coefficient (Wildman–Crippen LogP) is 5.02. The molecule has 104 valence electrons. The Hall–Kier alpha value is -1.22. The molecule has 2 nitrogen and oxygen atoms in total. The maximum atomic E-state index is 9.39. The molecule has 0 heterocycles. The van der Waals surface area contributed by atoms with Crippen molar-refractivity contribution in [3.05, 3.63) is 71.8 Å². The molecule has 1 N–H and O–H groups in total. The van der Waals surface area contributed by atoms with Crippen molar-refractivity contribution in [1.29, 1.82) is 0 Å². The van der Waals surface area contributed by atoms with Gasteiger partial charge in [0.25, 0.3) is 0 Å². The maximum Gasteiger partial charge on any atom is 0.203 e. The van der Waals surface area contributed by atoms with Crippen LogP contribution in [0.2, 0.25) is 0 Å². The standard InChI is InChI=1S/C15H12Cl3NO/c16-15(17,18)13(11-7-3-1-4-8-11)14(19-20)12-9-5-2-6-10-12/h1-10,13,20H/b19-14-/t13-/m1/s1. The quantitative estimate of drug-likeness (QED) is 0.365. The normalized spacial score (nSPS) is 14.1. The molecule has 0 saturated heterocycles. The van der Waals surface area contributed by atoms with Crippen molar-refractivity contribution in [3.63, 3.8) is 0 Å². The second-order valence-electron chi connectivity index (χ2n) is 4.24. The third kappa shape index (κ3) is 3.45. The topological polar surface area (TPSA) is 32.6 Å². The molecule has 0 aromatic heterocycles. The lowest BCUT2D eigenvalue weighted by Crippen LogP contribution is -2.26. The number of rotatable bonds is 3. The van der Waals surface area contributed by atoms with Gasteiger partial charge in [-0.2, -0.15) is 0 Å². The number of hydrogen-bond acceptors (Lipinski definition) is 2. The van der Waals surface area contributed by atoms with Gasteiger partial charge in [-0.3, -0.25) is 0 Å².